The summed E-state index contributed by atoms with van der Waals surface area (Å²) >= 11 is 0. The molecule has 1 aromatic heterocycles. The summed E-state index contributed by atoms with van der Waals surface area (Å²) in [6, 6.07) is 8.03. The summed E-state index contributed by atoms with van der Waals surface area (Å²) in [4.78, 5) is 34.2. The quantitative estimate of drug-likeness (QED) is 0.272. The molecule has 1 N–H and O–H groups in total. The molecule has 0 spiro atoms. The number of carbonyl (C=O) groups is 2. The normalized spacial score (nSPS) is 17.6. The SMILES string of the molecule is CCCCN(CCCC)CCCN1C(=O)C(=O)/C(=C(\O)c2ccc(F)cc2)C1c1cccnc1. The molecular formula is C27H34FN3O3. The first-order chi connectivity index (χ1) is 16.5. The van der Waals surface area contributed by atoms with E-state index < -0.39 is 23.5 Å². The first-order valence-electron chi connectivity index (χ1n) is 12.1. The highest BCUT2D eigenvalue weighted by atomic mass is 19.1. The lowest BCUT2D eigenvalue weighted by Gasteiger charge is -2.27. The number of hydrogen-bond donors (Lipinski definition) is 1. The van der Waals surface area contributed by atoms with Gasteiger partial charge < -0.3 is 14.9 Å². The summed E-state index contributed by atoms with van der Waals surface area (Å²) in [7, 11) is 0. The number of carbonyl (C=O) groups excluding carboxylic acids is 2. The molecule has 1 aliphatic heterocycles. The van der Waals surface area contributed by atoms with E-state index in [2.05, 4.69) is 23.7 Å². The minimum absolute atomic E-state index is 0.0124. The van der Waals surface area contributed by atoms with Gasteiger partial charge in [0, 0.05) is 24.5 Å². The molecule has 1 unspecified atom stereocenters. The van der Waals surface area contributed by atoms with Crippen molar-refractivity contribution in [2.24, 2.45) is 0 Å². The van der Waals surface area contributed by atoms with Crippen molar-refractivity contribution in [2.45, 2.75) is 52.0 Å². The van der Waals surface area contributed by atoms with Gasteiger partial charge in [0.05, 0.1) is 11.6 Å². The van der Waals surface area contributed by atoms with Crippen molar-refractivity contribution in [2.75, 3.05) is 26.2 Å². The van der Waals surface area contributed by atoms with Crippen LogP contribution in [0.15, 0.2) is 54.4 Å². The predicted molar refractivity (Wildman–Crippen MR) is 131 cm³/mol. The van der Waals surface area contributed by atoms with Crippen molar-refractivity contribution in [1.29, 1.82) is 0 Å². The number of nitrogens with zero attached hydrogens (tertiary/aromatic N) is 3. The van der Waals surface area contributed by atoms with Crippen molar-refractivity contribution in [3.63, 3.8) is 0 Å². The number of halogens is 1. The second-order valence-corrected chi connectivity index (χ2v) is 8.69. The molecule has 2 heterocycles. The first-order valence-corrected chi connectivity index (χ1v) is 12.1. The second kappa shape index (κ2) is 12.4. The molecule has 6 nitrogen and oxygen atoms in total. The number of ketones is 1. The van der Waals surface area contributed by atoms with E-state index >= 15 is 0 Å². The van der Waals surface area contributed by atoms with Gasteiger partial charge in [-0.25, -0.2) is 4.39 Å². The van der Waals surface area contributed by atoms with Crippen LogP contribution in [-0.2, 0) is 9.59 Å². The standard InChI is InChI=1S/C27H34FN3O3/c1-3-5-15-30(16-6-4-2)17-8-18-31-24(21-9-7-14-29-19-21)23(26(33)27(31)34)25(32)20-10-12-22(28)13-11-20/h7,9-14,19,24,32H,3-6,8,15-18H2,1-2H3/b25-23-. The molecule has 3 rings (SSSR count). The molecule has 1 fully saturated rings. The maximum Gasteiger partial charge on any atom is 0.295 e. The lowest BCUT2D eigenvalue weighted by Crippen LogP contribution is -2.34. The van der Waals surface area contributed by atoms with E-state index in [1.54, 1.807) is 24.5 Å². The zero-order valence-electron chi connectivity index (χ0n) is 20.0. The van der Waals surface area contributed by atoms with Gasteiger partial charge in [0.2, 0.25) is 0 Å². The zero-order valence-corrected chi connectivity index (χ0v) is 20.0. The largest absolute Gasteiger partial charge is 0.507 e. The fraction of sp³-hybridized carbons (Fsp3) is 0.444. The van der Waals surface area contributed by atoms with E-state index in [-0.39, 0.29) is 11.3 Å². The average Bonchev–Trinajstić information content (AvgIpc) is 3.11. The number of amides is 1. The molecule has 1 aliphatic rings. The Morgan fingerprint density at radius 3 is 2.26 bits per heavy atom. The Bertz CT molecular complexity index is 984. The lowest BCUT2D eigenvalue weighted by atomic mass is 9.96. The van der Waals surface area contributed by atoms with Gasteiger partial charge in [-0.2, -0.15) is 0 Å². The van der Waals surface area contributed by atoms with Gasteiger partial charge in [-0.3, -0.25) is 14.6 Å². The summed E-state index contributed by atoms with van der Waals surface area (Å²) in [6.07, 6.45) is 8.45. The number of benzene rings is 1. The van der Waals surface area contributed by atoms with E-state index in [0.717, 1.165) is 45.3 Å². The van der Waals surface area contributed by atoms with Crippen LogP contribution < -0.4 is 0 Å². The molecular weight excluding hydrogens is 433 g/mol. The van der Waals surface area contributed by atoms with E-state index in [9.17, 15) is 19.1 Å². The van der Waals surface area contributed by atoms with Crippen LogP contribution in [0.25, 0.3) is 5.76 Å². The Balaban J connectivity index is 1.87. The Hall–Kier alpha value is -3.06. The number of aliphatic hydroxyl groups is 1. The summed E-state index contributed by atoms with van der Waals surface area (Å²) in [5.74, 6) is -2.12. The molecule has 2 aromatic rings. The summed E-state index contributed by atoms with van der Waals surface area (Å²) < 4.78 is 13.4. The third kappa shape index (κ3) is 6.08. The molecule has 1 atom stereocenters. The van der Waals surface area contributed by atoms with Gasteiger partial charge in [0.25, 0.3) is 11.7 Å². The molecule has 1 amide bonds. The third-order valence-corrected chi connectivity index (χ3v) is 6.19. The van der Waals surface area contributed by atoms with Crippen LogP contribution in [0.5, 0.6) is 0 Å². The van der Waals surface area contributed by atoms with Gasteiger partial charge in [-0.05, 0) is 74.8 Å². The molecule has 0 aliphatic carbocycles. The molecule has 0 radical (unpaired) electrons. The van der Waals surface area contributed by atoms with Crippen LogP contribution in [0.2, 0.25) is 0 Å². The smallest absolute Gasteiger partial charge is 0.295 e. The van der Waals surface area contributed by atoms with Crippen molar-refractivity contribution in [3.05, 3.63) is 71.3 Å². The molecule has 182 valence electrons. The number of pyridine rings is 1. The number of unbranched alkanes of at least 4 members (excludes halogenated alkanes) is 2. The number of hydrogen-bond acceptors (Lipinski definition) is 5. The number of Topliss-reactive ketones (excluding diaryl/α,β-unsaturated/α-hetero) is 1. The Morgan fingerprint density at radius 1 is 1.03 bits per heavy atom. The molecule has 34 heavy (non-hydrogen) atoms. The molecule has 1 saturated heterocycles. The molecule has 0 bridgehead atoms. The van der Waals surface area contributed by atoms with E-state index in [0.29, 0.717) is 24.1 Å². The highest BCUT2D eigenvalue weighted by Gasteiger charge is 2.45. The van der Waals surface area contributed by atoms with Crippen LogP contribution in [0.4, 0.5) is 4.39 Å². The maximum atomic E-state index is 13.4. The van der Waals surface area contributed by atoms with Crippen LogP contribution >= 0.6 is 0 Å². The number of rotatable bonds is 12. The Morgan fingerprint density at radius 2 is 1.68 bits per heavy atom. The van der Waals surface area contributed by atoms with Gasteiger partial charge in [0.15, 0.2) is 0 Å². The predicted octanol–water partition coefficient (Wildman–Crippen LogP) is 4.93. The first kappa shape index (κ1) is 25.6. The van der Waals surface area contributed by atoms with Gasteiger partial charge >= 0.3 is 0 Å². The van der Waals surface area contributed by atoms with E-state index in [1.807, 2.05) is 0 Å². The Kier molecular flexibility index (Phi) is 9.33. The van der Waals surface area contributed by atoms with Gasteiger partial charge in [-0.1, -0.05) is 32.8 Å². The van der Waals surface area contributed by atoms with Gasteiger partial charge in [-0.15, -0.1) is 0 Å². The molecule has 1 aromatic carbocycles. The number of aromatic nitrogens is 1. The van der Waals surface area contributed by atoms with Crippen LogP contribution in [0.1, 0.15) is 63.1 Å². The number of aliphatic hydroxyl groups excluding tert-OH is 1. The molecule has 0 saturated carbocycles. The highest BCUT2D eigenvalue weighted by molar-refractivity contribution is 6.46. The highest BCUT2D eigenvalue weighted by Crippen LogP contribution is 2.39. The van der Waals surface area contributed by atoms with Crippen LogP contribution in [0.3, 0.4) is 0 Å². The van der Waals surface area contributed by atoms with Crippen LogP contribution in [-0.4, -0.2) is 57.8 Å². The van der Waals surface area contributed by atoms with Crippen molar-refractivity contribution >= 4 is 17.4 Å². The van der Waals surface area contributed by atoms with Gasteiger partial charge in [0.1, 0.15) is 11.6 Å². The fourth-order valence-electron chi connectivity index (χ4n) is 4.32. The monoisotopic (exact) mass is 467 g/mol. The summed E-state index contributed by atoms with van der Waals surface area (Å²) in [6.45, 7) is 7.61. The third-order valence-electron chi connectivity index (χ3n) is 6.19. The van der Waals surface area contributed by atoms with E-state index in [4.69, 9.17) is 0 Å². The second-order valence-electron chi connectivity index (χ2n) is 8.69. The van der Waals surface area contributed by atoms with Crippen molar-refractivity contribution < 1.29 is 19.1 Å². The lowest BCUT2D eigenvalue weighted by molar-refractivity contribution is -0.140. The fourth-order valence-corrected chi connectivity index (χ4v) is 4.32. The Labute approximate surface area is 201 Å². The maximum absolute atomic E-state index is 13.4. The number of likely N-dealkylation sites (tertiary alicyclic amines) is 1. The van der Waals surface area contributed by atoms with Crippen LogP contribution in [0, 0.1) is 5.82 Å². The summed E-state index contributed by atoms with van der Waals surface area (Å²) in [5.41, 5.74) is 0.955. The zero-order chi connectivity index (χ0) is 24.5. The molecule has 7 heteroatoms. The minimum Gasteiger partial charge on any atom is -0.507 e. The van der Waals surface area contributed by atoms with Crippen molar-refractivity contribution in [1.82, 2.24) is 14.8 Å². The summed E-state index contributed by atoms with van der Waals surface area (Å²) in [5, 5.41) is 11.0. The van der Waals surface area contributed by atoms with E-state index in [1.165, 1.54) is 29.2 Å². The van der Waals surface area contributed by atoms with Crippen molar-refractivity contribution in [3.8, 4) is 0 Å². The average molecular weight is 468 g/mol. The minimum atomic E-state index is -0.738. The topological polar surface area (TPSA) is 73.7 Å².